The Morgan fingerprint density at radius 1 is 1.13 bits per heavy atom. The minimum Gasteiger partial charge on any atom is -0.379 e. The molecule has 23 heavy (non-hydrogen) atoms. The Morgan fingerprint density at radius 3 is 2.57 bits per heavy atom. The van der Waals surface area contributed by atoms with Crippen molar-refractivity contribution in [3.63, 3.8) is 0 Å². The zero-order valence-electron chi connectivity index (χ0n) is 13.4. The second kappa shape index (κ2) is 5.93. The van der Waals surface area contributed by atoms with Crippen molar-refractivity contribution in [1.82, 2.24) is 9.88 Å². The van der Waals surface area contributed by atoms with Crippen LogP contribution in [0.25, 0.3) is 11.3 Å². The molecule has 3 nitrogen and oxygen atoms in total. The second-order valence-corrected chi connectivity index (χ2v) is 6.70. The van der Waals surface area contributed by atoms with Crippen molar-refractivity contribution in [2.24, 2.45) is 5.92 Å². The molecule has 120 valence electrons. The van der Waals surface area contributed by atoms with E-state index in [1.165, 1.54) is 32.0 Å². The molecule has 3 aliphatic heterocycles. The molecule has 2 atom stereocenters. The van der Waals surface area contributed by atoms with Crippen molar-refractivity contribution in [3.8, 4) is 11.3 Å². The molecule has 3 aliphatic rings. The number of nitrogens with zero attached hydrogens (tertiary/aromatic N) is 2. The Balaban J connectivity index is 1.52. The molecule has 2 unspecified atom stereocenters. The summed E-state index contributed by atoms with van der Waals surface area (Å²) in [6, 6.07) is 11.7. The normalized spacial score (nSPS) is 29.5. The van der Waals surface area contributed by atoms with Crippen LogP contribution in [0.2, 0.25) is 0 Å². The van der Waals surface area contributed by atoms with Crippen molar-refractivity contribution in [3.05, 3.63) is 48.4 Å². The number of pyridine rings is 1. The molecule has 4 heteroatoms. The highest BCUT2D eigenvalue weighted by atomic mass is 19.1. The maximum atomic E-state index is 13.8. The van der Waals surface area contributed by atoms with Gasteiger partial charge in [0.1, 0.15) is 5.82 Å². The lowest BCUT2D eigenvalue weighted by Crippen LogP contribution is -2.59. The van der Waals surface area contributed by atoms with Crippen molar-refractivity contribution in [2.75, 3.05) is 18.4 Å². The fraction of sp³-hybridized carbons (Fsp3) is 0.421. The van der Waals surface area contributed by atoms with Crippen LogP contribution in [0.3, 0.4) is 0 Å². The average molecular weight is 311 g/mol. The number of aromatic nitrogens is 1. The summed E-state index contributed by atoms with van der Waals surface area (Å²) >= 11 is 0. The van der Waals surface area contributed by atoms with E-state index >= 15 is 0 Å². The summed E-state index contributed by atoms with van der Waals surface area (Å²) in [4.78, 5) is 7.01. The molecule has 4 heterocycles. The number of nitrogens with one attached hydrogen (secondary N) is 1. The van der Waals surface area contributed by atoms with E-state index in [1.54, 1.807) is 12.1 Å². The number of rotatable bonds is 3. The van der Waals surface area contributed by atoms with Crippen LogP contribution in [0.4, 0.5) is 10.1 Å². The van der Waals surface area contributed by atoms with E-state index < -0.39 is 0 Å². The predicted octanol–water partition coefficient (Wildman–Crippen LogP) is 3.78. The third kappa shape index (κ3) is 2.72. The highest BCUT2D eigenvalue weighted by molar-refractivity contribution is 5.61. The van der Waals surface area contributed by atoms with Crippen LogP contribution >= 0.6 is 0 Å². The van der Waals surface area contributed by atoms with E-state index in [0.29, 0.717) is 23.3 Å². The number of hydrogen-bond donors (Lipinski definition) is 1. The Bertz CT molecular complexity index is 675. The Morgan fingerprint density at radius 2 is 1.91 bits per heavy atom. The monoisotopic (exact) mass is 311 g/mol. The highest BCUT2D eigenvalue weighted by Gasteiger charge is 2.39. The maximum absolute atomic E-state index is 13.8. The van der Waals surface area contributed by atoms with Gasteiger partial charge >= 0.3 is 0 Å². The van der Waals surface area contributed by atoms with Gasteiger partial charge in [0.2, 0.25) is 0 Å². The third-order valence-corrected chi connectivity index (χ3v) is 5.42. The maximum Gasteiger partial charge on any atom is 0.132 e. The molecular weight excluding hydrogens is 289 g/mol. The fourth-order valence-electron chi connectivity index (χ4n) is 4.05. The number of benzene rings is 1. The molecule has 1 aromatic carbocycles. The third-order valence-electron chi connectivity index (χ3n) is 5.42. The standard InChI is InChI=1S/C19H22FN3/c1-13-19(14-8-10-23(13)11-9-14)22-15-6-7-18(21-12-15)16-4-2-3-5-17(16)20/h2-7,12-14,19,22H,8-11H2,1H3. The zero-order valence-corrected chi connectivity index (χ0v) is 13.4. The van der Waals surface area contributed by atoms with E-state index in [-0.39, 0.29) is 5.82 Å². The first-order valence-corrected chi connectivity index (χ1v) is 8.44. The lowest BCUT2D eigenvalue weighted by molar-refractivity contribution is 0.0458. The zero-order chi connectivity index (χ0) is 15.8. The average Bonchev–Trinajstić information content (AvgIpc) is 2.60. The molecule has 2 aromatic rings. The van der Waals surface area contributed by atoms with Gasteiger partial charge in [-0.15, -0.1) is 0 Å². The van der Waals surface area contributed by atoms with Crippen molar-refractivity contribution in [1.29, 1.82) is 0 Å². The fourth-order valence-corrected chi connectivity index (χ4v) is 4.05. The molecule has 1 N–H and O–H groups in total. The van der Waals surface area contributed by atoms with Gasteiger partial charge in [0.05, 0.1) is 17.6 Å². The summed E-state index contributed by atoms with van der Waals surface area (Å²) in [6.45, 7) is 4.77. The minimum absolute atomic E-state index is 0.230. The van der Waals surface area contributed by atoms with Crippen LogP contribution in [-0.4, -0.2) is 35.1 Å². The van der Waals surface area contributed by atoms with Gasteiger partial charge in [-0.05, 0) is 63.0 Å². The van der Waals surface area contributed by atoms with Crippen molar-refractivity contribution >= 4 is 5.69 Å². The van der Waals surface area contributed by atoms with Gasteiger partial charge in [0.15, 0.2) is 0 Å². The lowest BCUT2D eigenvalue weighted by atomic mass is 9.79. The van der Waals surface area contributed by atoms with E-state index in [9.17, 15) is 4.39 Å². The lowest BCUT2D eigenvalue weighted by Gasteiger charge is -2.50. The minimum atomic E-state index is -0.230. The summed E-state index contributed by atoms with van der Waals surface area (Å²) in [7, 11) is 0. The molecule has 3 fully saturated rings. The Kier molecular flexibility index (Phi) is 3.77. The summed E-state index contributed by atoms with van der Waals surface area (Å²) < 4.78 is 13.8. The van der Waals surface area contributed by atoms with Gasteiger partial charge in [-0.2, -0.15) is 0 Å². The molecule has 5 rings (SSSR count). The first kappa shape index (κ1) is 14.6. The molecule has 0 radical (unpaired) electrons. The molecule has 0 amide bonds. The van der Waals surface area contributed by atoms with Gasteiger partial charge in [0.25, 0.3) is 0 Å². The van der Waals surface area contributed by atoms with Gasteiger partial charge in [0, 0.05) is 17.6 Å². The number of piperidine rings is 3. The quantitative estimate of drug-likeness (QED) is 0.935. The van der Waals surface area contributed by atoms with Crippen LogP contribution in [0, 0.1) is 11.7 Å². The smallest absolute Gasteiger partial charge is 0.132 e. The van der Waals surface area contributed by atoms with Crippen LogP contribution in [0.1, 0.15) is 19.8 Å². The van der Waals surface area contributed by atoms with Crippen molar-refractivity contribution < 1.29 is 4.39 Å². The van der Waals surface area contributed by atoms with Gasteiger partial charge < -0.3 is 5.32 Å². The van der Waals surface area contributed by atoms with Crippen LogP contribution < -0.4 is 5.32 Å². The molecule has 0 spiro atoms. The number of hydrogen-bond acceptors (Lipinski definition) is 3. The summed E-state index contributed by atoms with van der Waals surface area (Å²) in [5.41, 5.74) is 2.25. The first-order chi connectivity index (χ1) is 11.2. The predicted molar refractivity (Wildman–Crippen MR) is 90.8 cm³/mol. The van der Waals surface area contributed by atoms with E-state index in [2.05, 4.69) is 22.1 Å². The molecule has 0 aliphatic carbocycles. The molecule has 3 saturated heterocycles. The molecule has 0 saturated carbocycles. The second-order valence-electron chi connectivity index (χ2n) is 6.70. The molecule has 1 aromatic heterocycles. The Hall–Kier alpha value is -1.94. The van der Waals surface area contributed by atoms with Crippen LogP contribution in [0.5, 0.6) is 0 Å². The first-order valence-electron chi connectivity index (χ1n) is 8.44. The number of halogens is 1. The largest absolute Gasteiger partial charge is 0.379 e. The van der Waals surface area contributed by atoms with E-state index in [4.69, 9.17) is 0 Å². The summed E-state index contributed by atoms with van der Waals surface area (Å²) in [6.07, 6.45) is 4.39. The summed E-state index contributed by atoms with van der Waals surface area (Å²) in [5, 5.41) is 3.66. The van der Waals surface area contributed by atoms with Gasteiger partial charge in [-0.3, -0.25) is 9.88 Å². The number of anilines is 1. The summed E-state index contributed by atoms with van der Waals surface area (Å²) in [5.74, 6) is 0.521. The van der Waals surface area contributed by atoms with Gasteiger partial charge in [-0.25, -0.2) is 4.39 Å². The van der Waals surface area contributed by atoms with Crippen LogP contribution in [-0.2, 0) is 0 Å². The van der Waals surface area contributed by atoms with Crippen molar-refractivity contribution in [2.45, 2.75) is 31.8 Å². The van der Waals surface area contributed by atoms with E-state index in [0.717, 1.165) is 11.6 Å². The topological polar surface area (TPSA) is 28.2 Å². The SMILES string of the molecule is CC1C(Nc2ccc(-c3ccccc3F)nc2)C2CCN1CC2. The Labute approximate surface area is 136 Å². The molecular formula is C19H22FN3. The van der Waals surface area contributed by atoms with E-state index in [1.807, 2.05) is 24.4 Å². The van der Waals surface area contributed by atoms with Crippen LogP contribution in [0.15, 0.2) is 42.6 Å². The van der Waals surface area contributed by atoms with Gasteiger partial charge in [-0.1, -0.05) is 12.1 Å². The number of fused-ring (bicyclic) bond motifs is 3. The highest BCUT2D eigenvalue weighted by Crippen LogP contribution is 2.34. The molecule has 2 bridgehead atoms.